The van der Waals surface area contributed by atoms with E-state index in [4.69, 9.17) is 5.73 Å². The lowest BCUT2D eigenvalue weighted by Gasteiger charge is -2.22. The van der Waals surface area contributed by atoms with Crippen LogP contribution in [-0.2, 0) is 13.0 Å². The summed E-state index contributed by atoms with van der Waals surface area (Å²) in [5.41, 5.74) is 7.58. The number of benzene rings is 1. The van der Waals surface area contributed by atoms with Crippen LogP contribution in [0.2, 0.25) is 0 Å². The van der Waals surface area contributed by atoms with Gasteiger partial charge in [-0.3, -0.25) is 0 Å². The Morgan fingerprint density at radius 2 is 2.26 bits per heavy atom. The van der Waals surface area contributed by atoms with Crippen molar-refractivity contribution in [2.75, 3.05) is 6.54 Å². The Labute approximate surface area is 112 Å². The number of hydrogen-bond donors (Lipinski definition) is 2. The van der Waals surface area contributed by atoms with E-state index in [1.165, 1.54) is 0 Å². The highest BCUT2D eigenvalue weighted by molar-refractivity contribution is 5.65. The number of phenols is 1. The van der Waals surface area contributed by atoms with E-state index in [0.717, 1.165) is 42.2 Å². The predicted molar refractivity (Wildman–Crippen MR) is 72.7 cm³/mol. The molecule has 1 aromatic heterocycles. The average molecular weight is 258 g/mol. The molecule has 0 saturated carbocycles. The van der Waals surface area contributed by atoms with Crippen LogP contribution in [0.25, 0.3) is 11.4 Å². The van der Waals surface area contributed by atoms with E-state index in [-0.39, 0.29) is 5.75 Å². The molecule has 5 nitrogen and oxygen atoms in total. The molecule has 19 heavy (non-hydrogen) atoms. The van der Waals surface area contributed by atoms with E-state index in [2.05, 4.69) is 14.8 Å². The number of nitrogens with zero attached hydrogens (tertiary/aromatic N) is 3. The fraction of sp³-hybridized carbons (Fsp3) is 0.429. The van der Waals surface area contributed by atoms with E-state index < -0.39 is 0 Å². The standard InChI is InChI=1S/C14H18N4O/c1-9-2-3-12(19)11(6-9)14-17-16-13-7-10(8-15)4-5-18(13)14/h2-3,6,10,19H,4-5,7-8,15H2,1H3. The van der Waals surface area contributed by atoms with Gasteiger partial charge in [0.15, 0.2) is 5.82 Å². The van der Waals surface area contributed by atoms with Crippen LogP contribution in [0.5, 0.6) is 5.75 Å². The fourth-order valence-corrected chi connectivity index (χ4v) is 2.62. The Bertz CT molecular complexity index is 605. The van der Waals surface area contributed by atoms with Crippen molar-refractivity contribution in [3.63, 3.8) is 0 Å². The van der Waals surface area contributed by atoms with Crippen LogP contribution < -0.4 is 5.73 Å². The minimum absolute atomic E-state index is 0.252. The van der Waals surface area contributed by atoms with Crippen LogP contribution in [0.4, 0.5) is 0 Å². The number of nitrogens with two attached hydrogens (primary N) is 1. The van der Waals surface area contributed by atoms with Crippen LogP contribution in [0.1, 0.15) is 17.8 Å². The average Bonchev–Trinajstić information content (AvgIpc) is 2.84. The van der Waals surface area contributed by atoms with Crippen LogP contribution >= 0.6 is 0 Å². The lowest BCUT2D eigenvalue weighted by Crippen LogP contribution is -2.25. The van der Waals surface area contributed by atoms with E-state index >= 15 is 0 Å². The topological polar surface area (TPSA) is 77.0 Å². The zero-order valence-corrected chi connectivity index (χ0v) is 11.0. The molecule has 3 rings (SSSR count). The van der Waals surface area contributed by atoms with E-state index in [1.807, 2.05) is 19.1 Å². The molecule has 0 amide bonds. The van der Waals surface area contributed by atoms with Crippen molar-refractivity contribution < 1.29 is 5.11 Å². The van der Waals surface area contributed by atoms with Crippen molar-refractivity contribution >= 4 is 0 Å². The maximum absolute atomic E-state index is 10.0. The monoisotopic (exact) mass is 258 g/mol. The van der Waals surface area contributed by atoms with Crippen LogP contribution in [0.15, 0.2) is 18.2 Å². The Balaban J connectivity index is 2.03. The van der Waals surface area contributed by atoms with Crippen molar-refractivity contribution in [1.29, 1.82) is 0 Å². The van der Waals surface area contributed by atoms with E-state index in [1.54, 1.807) is 6.07 Å². The first-order valence-corrected chi connectivity index (χ1v) is 6.61. The molecule has 0 spiro atoms. The molecule has 2 heterocycles. The molecule has 0 fully saturated rings. The van der Waals surface area contributed by atoms with Crippen LogP contribution in [-0.4, -0.2) is 26.4 Å². The van der Waals surface area contributed by atoms with Gasteiger partial charge in [0.1, 0.15) is 11.6 Å². The van der Waals surface area contributed by atoms with Gasteiger partial charge in [-0.15, -0.1) is 10.2 Å². The first-order chi connectivity index (χ1) is 9.19. The normalized spacial score (nSPS) is 18.3. The maximum atomic E-state index is 10.0. The lowest BCUT2D eigenvalue weighted by atomic mass is 9.98. The Hall–Kier alpha value is -1.88. The Kier molecular flexibility index (Phi) is 2.98. The van der Waals surface area contributed by atoms with Gasteiger partial charge in [0.25, 0.3) is 0 Å². The summed E-state index contributed by atoms with van der Waals surface area (Å²) in [4.78, 5) is 0. The second-order valence-corrected chi connectivity index (χ2v) is 5.21. The number of fused-ring (bicyclic) bond motifs is 1. The number of aromatic hydroxyl groups is 1. The molecule has 1 atom stereocenters. The zero-order valence-electron chi connectivity index (χ0n) is 11.0. The molecule has 1 aromatic carbocycles. The molecule has 0 radical (unpaired) electrons. The zero-order chi connectivity index (χ0) is 13.4. The van der Waals surface area contributed by atoms with Crippen molar-refractivity contribution in [1.82, 2.24) is 14.8 Å². The summed E-state index contributed by atoms with van der Waals surface area (Å²) < 4.78 is 2.10. The minimum Gasteiger partial charge on any atom is -0.507 e. The van der Waals surface area contributed by atoms with E-state index in [9.17, 15) is 5.11 Å². The number of phenolic OH excluding ortho intramolecular Hbond substituents is 1. The fourth-order valence-electron chi connectivity index (χ4n) is 2.62. The van der Waals surface area contributed by atoms with Gasteiger partial charge in [0, 0.05) is 13.0 Å². The molecule has 1 aliphatic heterocycles. The second-order valence-electron chi connectivity index (χ2n) is 5.21. The molecule has 0 saturated heterocycles. The molecule has 1 aliphatic rings. The number of aryl methyl sites for hydroxylation is 1. The second kappa shape index (κ2) is 4.66. The minimum atomic E-state index is 0.252. The molecule has 0 bridgehead atoms. The van der Waals surface area contributed by atoms with Gasteiger partial charge in [0.05, 0.1) is 5.56 Å². The molecule has 0 aliphatic carbocycles. The molecule has 5 heteroatoms. The Morgan fingerprint density at radius 1 is 1.42 bits per heavy atom. The largest absolute Gasteiger partial charge is 0.507 e. The molecule has 2 aromatic rings. The van der Waals surface area contributed by atoms with Gasteiger partial charge in [-0.1, -0.05) is 11.6 Å². The first kappa shape index (κ1) is 12.2. The van der Waals surface area contributed by atoms with Crippen molar-refractivity contribution in [2.45, 2.75) is 26.3 Å². The molecule has 3 N–H and O–H groups in total. The highest BCUT2D eigenvalue weighted by atomic mass is 16.3. The predicted octanol–water partition coefficient (Wildman–Crippen LogP) is 1.48. The first-order valence-electron chi connectivity index (χ1n) is 6.61. The SMILES string of the molecule is Cc1ccc(O)c(-c2nnc3n2CCC(CN)C3)c1. The quantitative estimate of drug-likeness (QED) is 0.855. The van der Waals surface area contributed by atoms with Crippen molar-refractivity contribution in [3.8, 4) is 17.1 Å². The summed E-state index contributed by atoms with van der Waals surface area (Å²) in [7, 11) is 0. The van der Waals surface area contributed by atoms with Gasteiger partial charge < -0.3 is 15.4 Å². The molecular weight excluding hydrogens is 240 g/mol. The summed E-state index contributed by atoms with van der Waals surface area (Å²) in [6, 6.07) is 5.54. The van der Waals surface area contributed by atoms with Gasteiger partial charge in [0.2, 0.25) is 0 Å². The Morgan fingerprint density at radius 3 is 3.05 bits per heavy atom. The molecular formula is C14H18N4O. The van der Waals surface area contributed by atoms with E-state index in [0.29, 0.717) is 12.5 Å². The lowest BCUT2D eigenvalue weighted by molar-refractivity contribution is 0.391. The highest BCUT2D eigenvalue weighted by Gasteiger charge is 2.23. The number of rotatable bonds is 2. The van der Waals surface area contributed by atoms with Crippen LogP contribution in [0, 0.1) is 12.8 Å². The summed E-state index contributed by atoms with van der Waals surface area (Å²) in [6.07, 6.45) is 1.91. The maximum Gasteiger partial charge on any atom is 0.167 e. The van der Waals surface area contributed by atoms with Gasteiger partial charge in [-0.05, 0) is 37.9 Å². The highest BCUT2D eigenvalue weighted by Crippen LogP contribution is 2.31. The molecule has 1 unspecified atom stereocenters. The third-order valence-corrected chi connectivity index (χ3v) is 3.79. The smallest absolute Gasteiger partial charge is 0.167 e. The van der Waals surface area contributed by atoms with Crippen molar-refractivity contribution in [3.05, 3.63) is 29.6 Å². The van der Waals surface area contributed by atoms with Crippen LogP contribution in [0.3, 0.4) is 0 Å². The number of hydrogen-bond acceptors (Lipinski definition) is 4. The van der Waals surface area contributed by atoms with Gasteiger partial charge in [-0.25, -0.2) is 0 Å². The van der Waals surface area contributed by atoms with Crippen molar-refractivity contribution in [2.24, 2.45) is 11.7 Å². The molecule has 100 valence electrons. The third-order valence-electron chi connectivity index (χ3n) is 3.79. The summed E-state index contributed by atoms with van der Waals surface area (Å²) in [5.74, 6) is 2.47. The third kappa shape index (κ3) is 2.10. The summed E-state index contributed by atoms with van der Waals surface area (Å²) in [6.45, 7) is 3.56. The number of aromatic nitrogens is 3. The summed E-state index contributed by atoms with van der Waals surface area (Å²) >= 11 is 0. The van der Waals surface area contributed by atoms with Gasteiger partial charge in [-0.2, -0.15) is 0 Å². The summed E-state index contributed by atoms with van der Waals surface area (Å²) in [5, 5.41) is 18.5. The van der Waals surface area contributed by atoms with Gasteiger partial charge >= 0.3 is 0 Å².